The van der Waals surface area contributed by atoms with Gasteiger partial charge in [0.1, 0.15) is 11.5 Å². The van der Waals surface area contributed by atoms with Crippen LogP contribution < -0.4 is 0 Å². The summed E-state index contributed by atoms with van der Waals surface area (Å²) in [5.74, 6) is -3.01. The van der Waals surface area contributed by atoms with Crippen molar-refractivity contribution in [1.82, 2.24) is 0 Å². The van der Waals surface area contributed by atoms with Crippen LogP contribution in [0.25, 0.3) is 0 Å². The lowest BCUT2D eigenvalue weighted by atomic mass is 9.85. The molecule has 5 nitrogen and oxygen atoms in total. The van der Waals surface area contributed by atoms with Crippen LogP contribution in [0.4, 0.5) is 13.2 Å². The van der Waals surface area contributed by atoms with E-state index in [9.17, 15) is 31.2 Å². The van der Waals surface area contributed by atoms with Crippen LogP contribution in [0, 0.1) is 5.92 Å². The van der Waals surface area contributed by atoms with Crippen molar-refractivity contribution >= 4 is 21.6 Å². The Labute approximate surface area is 120 Å². The maximum atomic E-state index is 12.6. The Bertz CT molecular complexity index is 488. The van der Waals surface area contributed by atoms with Gasteiger partial charge < -0.3 is 4.74 Å². The zero-order valence-corrected chi connectivity index (χ0v) is 12.3. The molecule has 0 aromatic heterocycles. The maximum Gasteiger partial charge on any atom is 0.390 e. The maximum absolute atomic E-state index is 12.6. The summed E-state index contributed by atoms with van der Waals surface area (Å²) in [6.45, 7) is 0. The number of ether oxygens (including phenoxy) is 1. The highest BCUT2D eigenvalue weighted by atomic mass is 32.2. The summed E-state index contributed by atoms with van der Waals surface area (Å²) in [4.78, 5) is 22.2. The number of esters is 1. The Morgan fingerprint density at radius 2 is 1.86 bits per heavy atom. The predicted octanol–water partition coefficient (Wildman–Crippen LogP) is 1.65. The summed E-state index contributed by atoms with van der Waals surface area (Å²) in [6, 6.07) is 0. The minimum atomic E-state index is -4.66. The lowest BCUT2D eigenvalue weighted by Crippen LogP contribution is -2.39. The third kappa shape index (κ3) is 5.64. The number of alkyl halides is 3. The van der Waals surface area contributed by atoms with Gasteiger partial charge in [0.25, 0.3) is 0 Å². The molecule has 0 amide bonds. The monoisotopic (exact) mass is 330 g/mol. The largest absolute Gasteiger partial charge is 0.468 e. The van der Waals surface area contributed by atoms with Crippen molar-refractivity contribution in [2.45, 2.75) is 43.5 Å². The average molecular weight is 330 g/mol. The molecule has 1 rings (SSSR count). The van der Waals surface area contributed by atoms with Gasteiger partial charge in [-0.05, 0) is 18.8 Å². The third-order valence-electron chi connectivity index (χ3n) is 3.55. The van der Waals surface area contributed by atoms with Crippen molar-refractivity contribution in [2.24, 2.45) is 5.92 Å². The molecule has 122 valence electrons. The SMILES string of the molecule is COC(=O)CS(=O)(=O)C(CC(F)(F)F)C1CCC(=O)CC1. The van der Waals surface area contributed by atoms with Crippen LogP contribution in [0.2, 0.25) is 0 Å². The van der Waals surface area contributed by atoms with Crippen molar-refractivity contribution in [1.29, 1.82) is 0 Å². The van der Waals surface area contributed by atoms with Gasteiger partial charge in [-0.15, -0.1) is 0 Å². The van der Waals surface area contributed by atoms with Crippen molar-refractivity contribution < 1.29 is 35.9 Å². The Morgan fingerprint density at radius 1 is 1.33 bits per heavy atom. The number of rotatable bonds is 5. The molecule has 1 aliphatic rings. The second-order valence-electron chi connectivity index (χ2n) is 5.12. The normalized spacial score (nSPS) is 19.3. The van der Waals surface area contributed by atoms with Gasteiger partial charge in [0.05, 0.1) is 18.8 Å². The number of halogens is 3. The van der Waals surface area contributed by atoms with Crippen molar-refractivity contribution in [2.75, 3.05) is 12.9 Å². The topological polar surface area (TPSA) is 77.5 Å². The van der Waals surface area contributed by atoms with Crippen LogP contribution in [0.5, 0.6) is 0 Å². The second kappa shape index (κ2) is 6.76. The van der Waals surface area contributed by atoms with Crippen LogP contribution >= 0.6 is 0 Å². The van der Waals surface area contributed by atoms with E-state index < -0.39 is 45.3 Å². The first-order chi connectivity index (χ1) is 9.55. The Hall–Kier alpha value is -1.12. The van der Waals surface area contributed by atoms with Crippen LogP contribution in [0.3, 0.4) is 0 Å². The predicted molar refractivity (Wildman–Crippen MR) is 67.2 cm³/mol. The van der Waals surface area contributed by atoms with Crippen molar-refractivity contribution in [3.63, 3.8) is 0 Å². The number of ketones is 1. The van der Waals surface area contributed by atoms with Crippen LogP contribution in [0.15, 0.2) is 0 Å². The lowest BCUT2D eigenvalue weighted by Gasteiger charge is -2.29. The molecule has 9 heteroatoms. The lowest BCUT2D eigenvalue weighted by molar-refractivity contribution is -0.139. The molecule has 0 aliphatic heterocycles. The van der Waals surface area contributed by atoms with Gasteiger partial charge in [0, 0.05) is 12.8 Å². The molecular formula is C12H17F3O5S. The first kappa shape index (κ1) is 17.9. The quantitative estimate of drug-likeness (QED) is 0.716. The van der Waals surface area contributed by atoms with Crippen LogP contribution in [-0.2, 0) is 24.2 Å². The third-order valence-corrected chi connectivity index (χ3v) is 5.67. The summed E-state index contributed by atoms with van der Waals surface area (Å²) in [5.41, 5.74) is 0. The first-order valence-corrected chi connectivity index (χ1v) is 8.13. The van der Waals surface area contributed by atoms with E-state index in [1.165, 1.54) is 0 Å². The zero-order valence-electron chi connectivity index (χ0n) is 11.5. The molecule has 1 aliphatic carbocycles. The summed E-state index contributed by atoms with van der Waals surface area (Å²) in [5, 5.41) is -1.70. The number of carbonyl (C=O) groups excluding carboxylic acids is 2. The highest BCUT2D eigenvalue weighted by molar-refractivity contribution is 7.92. The minimum absolute atomic E-state index is 0.0762. The van der Waals surface area contributed by atoms with Gasteiger partial charge in [0.15, 0.2) is 9.84 Å². The molecule has 1 atom stereocenters. The summed E-state index contributed by atoms with van der Waals surface area (Å²) in [6.07, 6.45) is -5.82. The minimum Gasteiger partial charge on any atom is -0.468 e. The molecule has 0 aromatic carbocycles. The molecule has 0 radical (unpaired) electrons. The summed E-state index contributed by atoms with van der Waals surface area (Å²) < 4.78 is 66.3. The molecule has 0 N–H and O–H groups in total. The smallest absolute Gasteiger partial charge is 0.390 e. The van der Waals surface area contributed by atoms with E-state index in [1.54, 1.807) is 0 Å². The van der Waals surface area contributed by atoms with Gasteiger partial charge in [-0.1, -0.05) is 0 Å². The first-order valence-electron chi connectivity index (χ1n) is 6.42. The zero-order chi connectivity index (χ0) is 16.3. The molecule has 21 heavy (non-hydrogen) atoms. The van der Waals surface area contributed by atoms with E-state index in [1.807, 2.05) is 0 Å². The van der Waals surface area contributed by atoms with Gasteiger partial charge in [0.2, 0.25) is 0 Å². The van der Waals surface area contributed by atoms with E-state index in [2.05, 4.69) is 4.74 Å². The molecule has 0 spiro atoms. The van der Waals surface area contributed by atoms with E-state index in [4.69, 9.17) is 0 Å². The van der Waals surface area contributed by atoms with Gasteiger partial charge in [-0.2, -0.15) is 13.2 Å². The molecular weight excluding hydrogens is 313 g/mol. The van der Waals surface area contributed by atoms with E-state index in [0.29, 0.717) is 0 Å². The number of hydrogen-bond acceptors (Lipinski definition) is 5. The van der Waals surface area contributed by atoms with Crippen molar-refractivity contribution in [3.05, 3.63) is 0 Å². The van der Waals surface area contributed by atoms with E-state index >= 15 is 0 Å². The van der Waals surface area contributed by atoms with Crippen LogP contribution in [0.1, 0.15) is 32.1 Å². The highest BCUT2D eigenvalue weighted by Crippen LogP contribution is 2.35. The number of Topliss-reactive ketones (excluding diaryl/α,β-unsaturated/α-hetero) is 1. The highest BCUT2D eigenvalue weighted by Gasteiger charge is 2.44. The second-order valence-corrected chi connectivity index (χ2v) is 7.34. The fourth-order valence-corrected chi connectivity index (χ4v) is 4.44. The fraction of sp³-hybridized carbons (Fsp3) is 0.833. The number of hydrogen-bond donors (Lipinski definition) is 0. The van der Waals surface area contributed by atoms with E-state index in [-0.39, 0.29) is 31.5 Å². The number of carbonyl (C=O) groups is 2. The summed E-state index contributed by atoms with van der Waals surface area (Å²) >= 11 is 0. The molecule has 0 heterocycles. The Balaban J connectivity index is 2.96. The van der Waals surface area contributed by atoms with Crippen molar-refractivity contribution in [3.8, 4) is 0 Å². The van der Waals surface area contributed by atoms with E-state index in [0.717, 1.165) is 7.11 Å². The average Bonchev–Trinajstić information content (AvgIpc) is 2.35. The fourth-order valence-electron chi connectivity index (χ4n) is 2.48. The van der Waals surface area contributed by atoms with Gasteiger partial charge >= 0.3 is 12.1 Å². The van der Waals surface area contributed by atoms with Gasteiger partial charge in [-0.25, -0.2) is 8.42 Å². The Kier molecular flexibility index (Phi) is 5.77. The molecule has 1 saturated carbocycles. The molecule has 1 unspecified atom stereocenters. The molecule has 0 saturated heterocycles. The number of methoxy groups -OCH3 is 1. The molecule has 1 fully saturated rings. The van der Waals surface area contributed by atoms with Crippen LogP contribution in [-0.4, -0.2) is 44.5 Å². The Morgan fingerprint density at radius 3 is 2.29 bits per heavy atom. The standard InChI is InChI=1S/C12H17F3O5S/c1-20-11(17)7-21(18,19)10(6-12(13,14)15)8-2-4-9(16)5-3-8/h8,10H,2-7H2,1H3. The summed E-state index contributed by atoms with van der Waals surface area (Å²) in [7, 11) is -3.32. The molecule has 0 aromatic rings. The number of sulfone groups is 1. The van der Waals surface area contributed by atoms with Gasteiger partial charge in [-0.3, -0.25) is 9.59 Å². The molecule has 0 bridgehead atoms.